The first-order valence-corrected chi connectivity index (χ1v) is 7.22. The first-order chi connectivity index (χ1) is 10.3. The van der Waals surface area contributed by atoms with Crippen molar-refractivity contribution in [2.45, 2.75) is 34.6 Å². The fourth-order valence-electron chi connectivity index (χ4n) is 1.33. The molecule has 0 unspecified atom stereocenters. The first-order valence-electron chi connectivity index (χ1n) is 7.22. The van der Waals surface area contributed by atoms with E-state index in [4.69, 9.17) is 0 Å². The predicted octanol–water partition coefficient (Wildman–Crippen LogP) is 1.21. The Bertz CT molecular complexity index is 579. The molecule has 2 nitrogen and oxygen atoms in total. The standard InChI is InChI=1S/C20H26O2.Na/c1-16(2)10-8-13-17(3)11-6-7-12-18(4)14-9-15-19(5)20(21)22;/h6-15H,1-5H3,(H,21,22);/q;+1/p-1/b7-6+,13-8+,14-9+,17-11+,18-12+,19-15+;. The minimum atomic E-state index is -1.15. The van der Waals surface area contributed by atoms with Crippen molar-refractivity contribution < 1.29 is 39.5 Å². The molecule has 118 valence electrons. The quantitative estimate of drug-likeness (QED) is 0.402. The summed E-state index contributed by atoms with van der Waals surface area (Å²) in [5, 5.41) is 10.5. The average Bonchev–Trinajstić information content (AvgIpc) is 2.43. The predicted molar refractivity (Wildman–Crippen MR) is 93.1 cm³/mol. The molecule has 0 amide bonds. The Kier molecular flexibility index (Phi) is 14.8. The van der Waals surface area contributed by atoms with Crippen LogP contribution in [0.3, 0.4) is 0 Å². The Balaban J connectivity index is 0. The maximum atomic E-state index is 10.5. The van der Waals surface area contributed by atoms with E-state index in [-0.39, 0.29) is 35.1 Å². The van der Waals surface area contributed by atoms with Crippen molar-refractivity contribution in [1.29, 1.82) is 0 Å². The van der Waals surface area contributed by atoms with Crippen molar-refractivity contribution in [3.05, 3.63) is 83.1 Å². The van der Waals surface area contributed by atoms with Crippen molar-refractivity contribution in [3.63, 3.8) is 0 Å². The molecule has 0 spiro atoms. The largest absolute Gasteiger partial charge is 1.00 e. The number of rotatable bonds is 7. The van der Waals surface area contributed by atoms with Crippen molar-refractivity contribution in [2.24, 2.45) is 0 Å². The van der Waals surface area contributed by atoms with Gasteiger partial charge in [-0.25, -0.2) is 0 Å². The van der Waals surface area contributed by atoms with E-state index in [2.05, 4.69) is 26.0 Å². The van der Waals surface area contributed by atoms with Gasteiger partial charge in [0, 0.05) is 0 Å². The van der Waals surface area contributed by atoms with Crippen molar-refractivity contribution >= 4 is 5.97 Å². The van der Waals surface area contributed by atoms with E-state index in [1.807, 2.05) is 50.3 Å². The van der Waals surface area contributed by atoms with Gasteiger partial charge in [-0.3, -0.25) is 0 Å². The van der Waals surface area contributed by atoms with Crippen LogP contribution in [0.2, 0.25) is 0 Å². The molecule has 0 aliphatic rings. The summed E-state index contributed by atoms with van der Waals surface area (Å²) in [5.41, 5.74) is 3.68. The fraction of sp³-hybridized carbons (Fsp3) is 0.250. The van der Waals surface area contributed by atoms with E-state index < -0.39 is 5.97 Å². The zero-order valence-electron chi connectivity index (χ0n) is 15.1. The van der Waals surface area contributed by atoms with Gasteiger partial charge in [-0.2, -0.15) is 0 Å². The molecule has 0 aromatic carbocycles. The minimum Gasteiger partial charge on any atom is -0.545 e. The fourth-order valence-corrected chi connectivity index (χ4v) is 1.33. The molecule has 0 aromatic heterocycles. The third-order valence-electron chi connectivity index (χ3n) is 2.65. The topological polar surface area (TPSA) is 40.1 Å². The number of allylic oxidation sites excluding steroid dienone is 13. The molecule has 0 aromatic rings. The van der Waals surface area contributed by atoms with Gasteiger partial charge in [0.25, 0.3) is 0 Å². The third kappa shape index (κ3) is 15.3. The Labute approximate surface area is 162 Å². The number of carbonyl (C=O) groups is 1. The molecule has 0 heterocycles. The van der Waals surface area contributed by atoms with Crippen LogP contribution >= 0.6 is 0 Å². The maximum Gasteiger partial charge on any atom is 1.00 e. The zero-order chi connectivity index (χ0) is 17.0. The van der Waals surface area contributed by atoms with Crippen LogP contribution in [-0.4, -0.2) is 5.97 Å². The third-order valence-corrected chi connectivity index (χ3v) is 2.65. The second kappa shape index (κ2) is 14.3. The Morgan fingerprint density at radius 2 is 1.13 bits per heavy atom. The second-order valence-electron chi connectivity index (χ2n) is 5.31. The van der Waals surface area contributed by atoms with Crippen LogP contribution in [0.15, 0.2) is 83.1 Å². The molecule has 0 atom stereocenters. The van der Waals surface area contributed by atoms with Gasteiger partial charge in [0.05, 0.1) is 5.97 Å². The summed E-state index contributed by atoms with van der Waals surface area (Å²) >= 11 is 0. The van der Waals surface area contributed by atoms with Gasteiger partial charge in [-0.05, 0) is 40.2 Å². The number of aliphatic carboxylic acids is 1. The second-order valence-corrected chi connectivity index (χ2v) is 5.31. The Morgan fingerprint density at radius 3 is 1.52 bits per heavy atom. The Morgan fingerprint density at radius 1 is 0.696 bits per heavy atom. The number of carboxylic acids is 1. The summed E-state index contributed by atoms with van der Waals surface area (Å²) in [7, 11) is 0. The van der Waals surface area contributed by atoms with Gasteiger partial charge >= 0.3 is 29.6 Å². The van der Waals surface area contributed by atoms with Crippen LogP contribution in [0.1, 0.15) is 34.6 Å². The normalized spacial score (nSPS) is 13.7. The molecule has 0 fully saturated rings. The minimum absolute atomic E-state index is 0. The summed E-state index contributed by atoms with van der Waals surface area (Å²) in [5.74, 6) is -1.15. The smallest absolute Gasteiger partial charge is 0.545 e. The molecule has 3 heteroatoms. The van der Waals surface area contributed by atoms with Crippen LogP contribution in [0.4, 0.5) is 0 Å². The molecular formula is C20H25NaO2. The number of hydrogen-bond acceptors (Lipinski definition) is 2. The summed E-state index contributed by atoms with van der Waals surface area (Å²) in [6.07, 6.45) is 19.1. The molecule has 0 N–H and O–H groups in total. The van der Waals surface area contributed by atoms with Gasteiger partial charge in [0.15, 0.2) is 0 Å². The van der Waals surface area contributed by atoms with E-state index >= 15 is 0 Å². The van der Waals surface area contributed by atoms with Gasteiger partial charge in [0.2, 0.25) is 0 Å². The van der Waals surface area contributed by atoms with Gasteiger partial charge < -0.3 is 9.90 Å². The first kappa shape index (κ1) is 23.9. The summed E-state index contributed by atoms with van der Waals surface area (Å²) in [4.78, 5) is 10.5. The van der Waals surface area contributed by atoms with Crippen LogP contribution in [0, 0.1) is 0 Å². The van der Waals surface area contributed by atoms with Gasteiger partial charge in [0.1, 0.15) is 0 Å². The van der Waals surface area contributed by atoms with Crippen molar-refractivity contribution in [3.8, 4) is 0 Å². The van der Waals surface area contributed by atoms with Crippen LogP contribution in [-0.2, 0) is 4.79 Å². The molecule has 0 saturated carbocycles. The van der Waals surface area contributed by atoms with E-state index in [0.29, 0.717) is 0 Å². The SMILES string of the molecule is CC(C)=C/C=C/C(C)=C/C=C/C=C(C)/C=C/C=C(\C)C(=O)[O-].[Na+]. The summed E-state index contributed by atoms with van der Waals surface area (Å²) in [6.45, 7) is 9.63. The molecule has 0 saturated heterocycles. The summed E-state index contributed by atoms with van der Waals surface area (Å²) < 4.78 is 0. The van der Waals surface area contributed by atoms with Crippen LogP contribution in [0.5, 0.6) is 0 Å². The van der Waals surface area contributed by atoms with E-state index in [1.165, 1.54) is 24.1 Å². The monoisotopic (exact) mass is 320 g/mol. The zero-order valence-corrected chi connectivity index (χ0v) is 17.1. The molecule has 0 aliphatic heterocycles. The molecule has 0 bridgehead atoms. The number of carboxylic acid groups (broad SMARTS) is 1. The Hall–Kier alpha value is -1.35. The van der Waals surface area contributed by atoms with Crippen LogP contribution in [0.25, 0.3) is 0 Å². The van der Waals surface area contributed by atoms with Crippen LogP contribution < -0.4 is 34.7 Å². The molecule has 23 heavy (non-hydrogen) atoms. The van der Waals surface area contributed by atoms with Crippen molar-refractivity contribution in [1.82, 2.24) is 0 Å². The molecule has 0 radical (unpaired) electrons. The van der Waals surface area contributed by atoms with E-state index in [1.54, 1.807) is 6.08 Å². The van der Waals surface area contributed by atoms with E-state index in [0.717, 1.165) is 5.57 Å². The number of hydrogen-bond donors (Lipinski definition) is 0. The van der Waals surface area contributed by atoms with Gasteiger partial charge in [-0.1, -0.05) is 77.5 Å². The van der Waals surface area contributed by atoms with E-state index in [9.17, 15) is 9.90 Å². The number of carbonyl (C=O) groups excluding carboxylic acids is 1. The average molecular weight is 320 g/mol. The maximum absolute atomic E-state index is 10.5. The molecule has 0 rings (SSSR count). The molecular weight excluding hydrogens is 295 g/mol. The van der Waals surface area contributed by atoms with Crippen molar-refractivity contribution in [2.75, 3.05) is 0 Å². The molecule has 0 aliphatic carbocycles. The van der Waals surface area contributed by atoms with Gasteiger partial charge in [-0.15, -0.1) is 0 Å². The summed E-state index contributed by atoms with van der Waals surface area (Å²) in [6, 6.07) is 0.